The molecule has 1 aliphatic heterocycles. The second-order valence-corrected chi connectivity index (χ2v) is 8.68. The van der Waals surface area contributed by atoms with E-state index in [0.717, 1.165) is 12.1 Å². The average molecular weight is 523 g/mol. The molecule has 3 aromatic carbocycles. The van der Waals surface area contributed by atoms with Gasteiger partial charge in [0, 0.05) is 17.0 Å². The molecule has 11 heteroatoms. The quantitative estimate of drug-likeness (QED) is 0.232. The second kappa shape index (κ2) is 9.66. The Hall–Kier alpha value is -4.67. The van der Waals surface area contributed by atoms with Crippen LogP contribution in [0.3, 0.4) is 0 Å². The second-order valence-electron chi connectivity index (χ2n) is 8.68. The number of nitrogens with zero attached hydrogens (tertiary/aromatic N) is 3. The first-order valence-corrected chi connectivity index (χ1v) is 11.4. The molecular formula is C27H21F4N5O2. The molecule has 7 nitrogen and oxygen atoms in total. The molecule has 2 heterocycles. The van der Waals surface area contributed by atoms with Crippen LogP contribution in [0.1, 0.15) is 0 Å². The number of anilines is 4. The lowest BCUT2D eigenvalue weighted by atomic mass is 10.0. The van der Waals surface area contributed by atoms with E-state index >= 15 is 0 Å². The number of methoxy groups -OCH3 is 1. The molecule has 0 saturated carbocycles. The minimum Gasteiger partial charge on any atom is -0.495 e. The molecule has 1 aromatic heterocycles. The molecule has 194 valence electrons. The van der Waals surface area contributed by atoms with Crippen LogP contribution in [0.25, 0.3) is 22.0 Å². The Balaban J connectivity index is 1.58. The Morgan fingerprint density at radius 1 is 1.08 bits per heavy atom. The van der Waals surface area contributed by atoms with Crippen LogP contribution in [0.2, 0.25) is 0 Å². The Kier molecular flexibility index (Phi) is 6.35. The van der Waals surface area contributed by atoms with Crippen molar-refractivity contribution >= 4 is 39.7 Å². The van der Waals surface area contributed by atoms with E-state index in [-0.39, 0.29) is 11.3 Å². The van der Waals surface area contributed by atoms with Gasteiger partial charge in [0.1, 0.15) is 29.5 Å². The topological polar surface area (TPSA) is 79.4 Å². The van der Waals surface area contributed by atoms with Crippen LogP contribution < -0.4 is 20.3 Å². The molecule has 4 aromatic rings. The number of nitrogens with one attached hydrogen (secondary N) is 2. The Bertz CT molecular complexity index is 1570. The smallest absolute Gasteiger partial charge is 0.282 e. The molecule has 0 aliphatic carbocycles. The van der Waals surface area contributed by atoms with Crippen LogP contribution >= 0.6 is 0 Å². The van der Waals surface area contributed by atoms with Crippen molar-refractivity contribution in [2.75, 3.05) is 35.7 Å². The Labute approximate surface area is 214 Å². The van der Waals surface area contributed by atoms with Crippen LogP contribution in [0.15, 0.2) is 67.5 Å². The molecule has 2 N–H and O–H groups in total. The van der Waals surface area contributed by atoms with Crippen molar-refractivity contribution < 1.29 is 27.1 Å². The number of hydrogen-bond acceptors (Lipinski definition) is 6. The molecule has 0 bridgehead atoms. The number of amides is 1. The van der Waals surface area contributed by atoms with Crippen molar-refractivity contribution in [1.82, 2.24) is 9.97 Å². The molecule has 0 radical (unpaired) electrons. The number of rotatable bonds is 7. The highest BCUT2D eigenvalue weighted by atomic mass is 19.3. The summed E-state index contributed by atoms with van der Waals surface area (Å²) in [6, 6.07) is 11.4. The van der Waals surface area contributed by atoms with E-state index in [0.29, 0.717) is 39.4 Å². The van der Waals surface area contributed by atoms with Gasteiger partial charge in [-0.1, -0.05) is 12.6 Å². The molecule has 5 rings (SSSR count). The summed E-state index contributed by atoms with van der Waals surface area (Å²) in [6.07, 6.45) is 2.38. The van der Waals surface area contributed by atoms with Gasteiger partial charge < -0.3 is 20.3 Å². The van der Waals surface area contributed by atoms with Crippen molar-refractivity contribution in [2.45, 2.75) is 5.92 Å². The fraction of sp³-hybridized carbons (Fsp3) is 0.148. The van der Waals surface area contributed by atoms with Gasteiger partial charge in [-0.25, -0.2) is 27.5 Å². The third-order valence-electron chi connectivity index (χ3n) is 6.08. The van der Waals surface area contributed by atoms with Gasteiger partial charge >= 0.3 is 0 Å². The lowest BCUT2D eigenvalue weighted by Crippen LogP contribution is -2.56. The molecular weight excluding hydrogens is 502 g/mol. The van der Waals surface area contributed by atoms with Crippen LogP contribution in [-0.2, 0) is 4.79 Å². The van der Waals surface area contributed by atoms with Gasteiger partial charge in [0.2, 0.25) is 5.91 Å². The maximum atomic E-state index is 14.4. The molecule has 0 unspecified atom stereocenters. The predicted octanol–water partition coefficient (Wildman–Crippen LogP) is 5.91. The van der Waals surface area contributed by atoms with E-state index in [9.17, 15) is 22.4 Å². The zero-order valence-electron chi connectivity index (χ0n) is 20.1. The summed E-state index contributed by atoms with van der Waals surface area (Å²) in [4.78, 5) is 22.1. The first-order chi connectivity index (χ1) is 18.2. The molecule has 1 saturated heterocycles. The molecule has 38 heavy (non-hydrogen) atoms. The summed E-state index contributed by atoms with van der Waals surface area (Å²) in [5.74, 6) is -4.01. The van der Waals surface area contributed by atoms with E-state index in [2.05, 4.69) is 27.2 Å². The minimum atomic E-state index is -2.82. The van der Waals surface area contributed by atoms with Crippen LogP contribution in [0.4, 0.5) is 40.4 Å². The SMILES string of the molecule is C=CC(=O)Nc1cc2c(Nc3cc(-c4ccc(F)cc4F)ccc3OC)ncnc2cc1N1CC(F)(F)C1. The summed E-state index contributed by atoms with van der Waals surface area (Å²) < 4.78 is 60.5. The molecule has 1 fully saturated rings. The Morgan fingerprint density at radius 2 is 1.87 bits per heavy atom. The molecule has 0 atom stereocenters. The number of halogens is 4. The maximum Gasteiger partial charge on any atom is 0.282 e. The summed E-state index contributed by atoms with van der Waals surface area (Å²) in [5.41, 5.74) is 2.18. The van der Waals surface area contributed by atoms with Crippen molar-refractivity contribution in [3.05, 3.63) is 79.1 Å². The summed E-state index contributed by atoms with van der Waals surface area (Å²) in [6.45, 7) is 2.46. The summed E-state index contributed by atoms with van der Waals surface area (Å²) in [7, 11) is 1.47. The number of fused-ring (bicyclic) bond motifs is 1. The normalized spacial score (nSPS) is 14.1. The fourth-order valence-electron chi connectivity index (χ4n) is 4.24. The van der Waals surface area contributed by atoms with Crippen molar-refractivity contribution in [3.63, 3.8) is 0 Å². The number of alkyl halides is 2. The van der Waals surface area contributed by atoms with E-state index in [1.807, 2.05) is 0 Å². The number of carbonyl (C=O) groups is 1. The fourth-order valence-corrected chi connectivity index (χ4v) is 4.24. The molecule has 1 amide bonds. The average Bonchev–Trinajstić information content (AvgIpc) is 2.87. The van der Waals surface area contributed by atoms with E-state index in [1.165, 1.54) is 30.5 Å². The number of ether oxygens (including phenoxy) is 1. The van der Waals surface area contributed by atoms with Crippen LogP contribution in [0.5, 0.6) is 5.75 Å². The first kappa shape index (κ1) is 25.0. The predicted molar refractivity (Wildman–Crippen MR) is 137 cm³/mol. The highest BCUT2D eigenvalue weighted by Crippen LogP contribution is 2.40. The Morgan fingerprint density at radius 3 is 2.55 bits per heavy atom. The van der Waals surface area contributed by atoms with Gasteiger partial charge in [0.15, 0.2) is 0 Å². The highest BCUT2D eigenvalue weighted by Gasteiger charge is 2.44. The largest absolute Gasteiger partial charge is 0.495 e. The van der Waals surface area contributed by atoms with Gasteiger partial charge in [0.25, 0.3) is 5.92 Å². The maximum absolute atomic E-state index is 14.4. The summed E-state index contributed by atoms with van der Waals surface area (Å²) >= 11 is 0. The number of aromatic nitrogens is 2. The van der Waals surface area contributed by atoms with Crippen molar-refractivity contribution in [2.24, 2.45) is 0 Å². The number of carbonyl (C=O) groups excluding carboxylic acids is 1. The van der Waals surface area contributed by atoms with Crippen LogP contribution in [0, 0.1) is 11.6 Å². The molecule has 0 spiro atoms. The lowest BCUT2D eigenvalue weighted by Gasteiger charge is -2.41. The van der Waals surface area contributed by atoms with Gasteiger partial charge in [0.05, 0.1) is 42.8 Å². The standard InChI is InChI=1S/C27H21F4N5O2/c1-3-25(37)34-21-10-18-20(11-23(21)36-12-27(30,31)13-36)32-14-33-26(18)35-22-8-15(4-7-24(22)38-2)17-6-5-16(28)9-19(17)29/h3-11,14H,1,12-13H2,2H3,(H,34,37)(H,32,33,35). The zero-order chi connectivity index (χ0) is 27.0. The van der Waals surface area contributed by atoms with Crippen molar-refractivity contribution in [1.29, 1.82) is 0 Å². The van der Waals surface area contributed by atoms with Gasteiger partial charge in [-0.2, -0.15) is 0 Å². The highest BCUT2D eigenvalue weighted by molar-refractivity contribution is 6.05. The van der Waals surface area contributed by atoms with Gasteiger partial charge in [-0.05, 0) is 48.0 Å². The monoisotopic (exact) mass is 523 g/mol. The van der Waals surface area contributed by atoms with E-state index in [4.69, 9.17) is 4.74 Å². The minimum absolute atomic E-state index is 0.190. The van der Waals surface area contributed by atoms with Crippen LogP contribution in [-0.4, -0.2) is 42.0 Å². The third-order valence-corrected chi connectivity index (χ3v) is 6.08. The number of hydrogen-bond donors (Lipinski definition) is 2. The third kappa shape index (κ3) is 4.82. The summed E-state index contributed by atoms with van der Waals surface area (Å²) in [5, 5.41) is 6.29. The zero-order valence-corrected chi connectivity index (χ0v) is 20.1. The van der Waals surface area contributed by atoms with E-state index < -0.39 is 36.6 Å². The van der Waals surface area contributed by atoms with Gasteiger partial charge in [-0.3, -0.25) is 4.79 Å². The number of benzene rings is 3. The molecule has 1 aliphatic rings. The van der Waals surface area contributed by atoms with Gasteiger partial charge in [-0.15, -0.1) is 0 Å². The van der Waals surface area contributed by atoms with Crippen molar-refractivity contribution in [3.8, 4) is 16.9 Å². The van der Waals surface area contributed by atoms with E-state index in [1.54, 1.807) is 30.3 Å². The first-order valence-electron chi connectivity index (χ1n) is 11.4. The lowest BCUT2D eigenvalue weighted by molar-refractivity contribution is -0.111.